The van der Waals surface area contributed by atoms with Gasteiger partial charge < -0.3 is 9.42 Å². The molecule has 0 spiro atoms. The number of nitrogens with zero attached hydrogens (tertiary/aromatic N) is 3. The van der Waals surface area contributed by atoms with Gasteiger partial charge in [0.05, 0.1) is 10.9 Å². The molecule has 1 aliphatic heterocycles. The minimum absolute atomic E-state index is 0.0353. The molecule has 1 saturated heterocycles. The van der Waals surface area contributed by atoms with Crippen molar-refractivity contribution in [2.45, 2.75) is 45.1 Å². The van der Waals surface area contributed by atoms with Gasteiger partial charge in [-0.15, -0.1) is 0 Å². The van der Waals surface area contributed by atoms with Crippen LogP contribution in [0.25, 0.3) is 11.4 Å². The van der Waals surface area contributed by atoms with Crippen LogP contribution in [0.15, 0.2) is 28.8 Å². The first-order valence-electron chi connectivity index (χ1n) is 8.02. The molecule has 23 heavy (non-hydrogen) atoms. The van der Waals surface area contributed by atoms with Gasteiger partial charge in [-0.1, -0.05) is 42.7 Å². The Labute approximate surface area is 140 Å². The van der Waals surface area contributed by atoms with Crippen molar-refractivity contribution in [3.8, 4) is 11.4 Å². The second kappa shape index (κ2) is 6.71. The largest absolute Gasteiger partial charge is 0.339 e. The average molecular weight is 334 g/mol. The Balaban J connectivity index is 1.79. The maximum absolute atomic E-state index is 12.3. The predicted molar refractivity (Wildman–Crippen MR) is 88.2 cm³/mol. The Morgan fingerprint density at radius 3 is 2.78 bits per heavy atom. The minimum atomic E-state index is -0.0353. The molecular weight excluding hydrogens is 314 g/mol. The number of carbonyl (C=O) groups is 1. The molecule has 0 radical (unpaired) electrons. The second-order valence-corrected chi connectivity index (χ2v) is 6.26. The zero-order chi connectivity index (χ0) is 16.4. The number of hydrogen-bond donors (Lipinski definition) is 0. The maximum atomic E-state index is 12.3. The van der Waals surface area contributed by atoms with E-state index < -0.39 is 0 Å². The van der Waals surface area contributed by atoms with Crippen LogP contribution in [0.3, 0.4) is 0 Å². The summed E-state index contributed by atoms with van der Waals surface area (Å²) < 4.78 is 5.40. The number of likely N-dealkylation sites (tertiary alicyclic amines) is 1. The van der Waals surface area contributed by atoms with Crippen molar-refractivity contribution in [1.29, 1.82) is 0 Å². The SMILES string of the molecule is CCC(CC)N1C[C@H](c2nc(-c3ccccc3Cl)no2)CC1=O. The third-order valence-corrected chi connectivity index (χ3v) is 4.78. The molecule has 1 amide bonds. The van der Waals surface area contributed by atoms with Crippen LogP contribution in [0.4, 0.5) is 0 Å². The monoisotopic (exact) mass is 333 g/mol. The minimum Gasteiger partial charge on any atom is -0.339 e. The topological polar surface area (TPSA) is 59.2 Å². The van der Waals surface area contributed by atoms with Gasteiger partial charge >= 0.3 is 0 Å². The summed E-state index contributed by atoms with van der Waals surface area (Å²) >= 11 is 6.17. The Kier molecular flexibility index (Phi) is 4.66. The predicted octanol–water partition coefficient (Wildman–Crippen LogP) is 3.89. The Morgan fingerprint density at radius 2 is 2.09 bits per heavy atom. The van der Waals surface area contributed by atoms with Gasteiger partial charge in [-0.25, -0.2) is 0 Å². The van der Waals surface area contributed by atoms with E-state index >= 15 is 0 Å². The number of rotatable bonds is 5. The molecule has 122 valence electrons. The summed E-state index contributed by atoms with van der Waals surface area (Å²) in [5.41, 5.74) is 0.741. The van der Waals surface area contributed by atoms with Gasteiger partial charge in [-0.3, -0.25) is 4.79 Å². The van der Waals surface area contributed by atoms with E-state index in [9.17, 15) is 4.79 Å². The molecule has 0 bridgehead atoms. The van der Waals surface area contributed by atoms with Gasteiger partial charge in [-0.2, -0.15) is 4.98 Å². The van der Waals surface area contributed by atoms with E-state index in [0.717, 1.165) is 18.4 Å². The summed E-state index contributed by atoms with van der Waals surface area (Å²) in [7, 11) is 0. The van der Waals surface area contributed by atoms with Crippen LogP contribution < -0.4 is 0 Å². The highest BCUT2D eigenvalue weighted by Gasteiger charge is 2.36. The number of amides is 1. The van der Waals surface area contributed by atoms with E-state index in [2.05, 4.69) is 24.0 Å². The van der Waals surface area contributed by atoms with E-state index in [1.165, 1.54) is 0 Å². The molecule has 3 rings (SSSR count). The van der Waals surface area contributed by atoms with Crippen LogP contribution in [0, 0.1) is 0 Å². The molecule has 1 fully saturated rings. The third kappa shape index (κ3) is 3.11. The van der Waals surface area contributed by atoms with Crippen molar-refractivity contribution in [3.05, 3.63) is 35.2 Å². The Morgan fingerprint density at radius 1 is 1.35 bits per heavy atom. The average Bonchev–Trinajstić information content (AvgIpc) is 3.17. The lowest BCUT2D eigenvalue weighted by molar-refractivity contribution is -0.129. The highest BCUT2D eigenvalue weighted by Crippen LogP contribution is 2.32. The summed E-state index contributed by atoms with van der Waals surface area (Å²) in [6, 6.07) is 7.67. The Hall–Kier alpha value is -1.88. The summed E-state index contributed by atoms with van der Waals surface area (Å²) in [5, 5.41) is 4.61. The van der Waals surface area contributed by atoms with Crippen molar-refractivity contribution in [3.63, 3.8) is 0 Å². The van der Waals surface area contributed by atoms with Crippen LogP contribution in [0.1, 0.15) is 44.9 Å². The first-order chi connectivity index (χ1) is 11.1. The highest BCUT2D eigenvalue weighted by molar-refractivity contribution is 6.33. The lowest BCUT2D eigenvalue weighted by atomic mass is 10.1. The van der Waals surface area contributed by atoms with Gasteiger partial charge in [0.1, 0.15) is 0 Å². The smallest absolute Gasteiger partial charge is 0.232 e. The van der Waals surface area contributed by atoms with Gasteiger partial charge in [0.25, 0.3) is 0 Å². The third-order valence-electron chi connectivity index (χ3n) is 4.45. The van der Waals surface area contributed by atoms with Crippen molar-refractivity contribution < 1.29 is 9.32 Å². The second-order valence-electron chi connectivity index (χ2n) is 5.85. The van der Waals surface area contributed by atoms with Gasteiger partial charge in [0.2, 0.25) is 17.6 Å². The first-order valence-corrected chi connectivity index (χ1v) is 8.39. The fourth-order valence-corrected chi connectivity index (χ4v) is 3.35. The lowest BCUT2D eigenvalue weighted by Crippen LogP contribution is -2.35. The molecular formula is C17H20ClN3O2. The molecule has 5 nitrogen and oxygen atoms in total. The fourth-order valence-electron chi connectivity index (χ4n) is 3.13. The van der Waals surface area contributed by atoms with E-state index in [0.29, 0.717) is 35.7 Å². The van der Waals surface area contributed by atoms with Crippen molar-refractivity contribution in [1.82, 2.24) is 15.0 Å². The number of halogens is 1. The van der Waals surface area contributed by atoms with E-state index in [1.54, 1.807) is 6.07 Å². The van der Waals surface area contributed by atoms with Crippen LogP contribution in [-0.4, -0.2) is 33.5 Å². The zero-order valence-electron chi connectivity index (χ0n) is 13.3. The summed E-state index contributed by atoms with van der Waals surface area (Å²) in [4.78, 5) is 18.7. The fraction of sp³-hybridized carbons (Fsp3) is 0.471. The maximum Gasteiger partial charge on any atom is 0.232 e. The van der Waals surface area contributed by atoms with Crippen LogP contribution >= 0.6 is 11.6 Å². The summed E-state index contributed by atoms with van der Waals surface area (Å²) in [5.74, 6) is 1.12. The molecule has 1 atom stereocenters. The lowest BCUT2D eigenvalue weighted by Gasteiger charge is -2.25. The van der Waals surface area contributed by atoms with Crippen molar-refractivity contribution in [2.24, 2.45) is 0 Å². The van der Waals surface area contributed by atoms with Crippen LogP contribution in [0.5, 0.6) is 0 Å². The molecule has 2 aromatic rings. The summed E-state index contributed by atoms with van der Waals surface area (Å²) in [6.45, 7) is 4.86. The molecule has 0 unspecified atom stereocenters. The normalized spacial score (nSPS) is 18.2. The highest BCUT2D eigenvalue weighted by atomic mass is 35.5. The molecule has 0 N–H and O–H groups in total. The number of aromatic nitrogens is 2. The molecule has 0 saturated carbocycles. The first kappa shape index (κ1) is 16.0. The van der Waals surface area contributed by atoms with E-state index in [1.807, 2.05) is 23.1 Å². The molecule has 1 aliphatic rings. The van der Waals surface area contributed by atoms with Crippen LogP contribution in [-0.2, 0) is 4.79 Å². The van der Waals surface area contributed by atoms with E-state index in [-0.39, 0.29) is 11.8 Å². The number of carbonyl (C=O) groups excluding carboxylic acids is 1. The van der Waals surface area contributed by atoms with Crippen molar-refractivity contribution >= 4 is 17.5 Å². The summed E-state index contributed by atoms with van der Waals surface area (Å²) in [6.07, 6.45) is 2.36. The number of benzene rings is 1. The number of hydrogen-bond acceptors (Lipinski definition) is 4. The standard InChI is InChI=1S/C17H20ClN3O2/c1-3-12(4-2)21-10-11(9-15(21)22)17-19-16(20-23-17)13-7-5-6-8-14(13)18/h5-8,11-12H,3-4,9-10H2,1-2H3/t11-/m1/s1. The molecule has 1 aromatic carbocycles. The molecule has 0 aliphatic carbocycles. The molecule has 2 heterocycles. The molecule has 6 heteroatoms. The van der Waals surface area contributed by atoms with Crippen LogP contribution in [0.2, 0.25) is 5.02 Å². The Bertz CT molecular complexity index is 697. The van der Waals surface area contributed by atoms with Crippen molar-refractivity contribution in [2.75, 3.05) is 6.54 Å². The zero-order valence-corrected chi connectivity index (χ0v) is 14.1. The van der Waals surface area contributed by atoms with Gasteiger partial charge in [0.15, 0.2) is 0 Å². The quantitative estimate of drug-likeness (QED) is 0.832. The van der Waals surface area contributed by atoms with Gasteiger partial charge in [0, 0.05) is 24.6 Å². The van der Waals surface area contributed by atoms with Gasteiger partial charge in [-0.05, 0) is 25.0 Å². The molecule has 1 aromatic heterocycles. The van der Waals surface area contributed by atoms with E-state index in [4.69, 9.17) is 16.1 Å².